The Morgan fingerprint density at radius 1 is 0.971 bits per heavy atom. The van der Waals surface area contributed by atoms with Crippen molar-refractivity contribution in [3.8, 4) is 5.75 Å². The predicted molar refractivity (Wildman–Crippen MR) is 138 cm³/mol. The molecule has 6 nitrogen and oxygen atoms in total. The topological polar surface area (TPSA) is 75.7 Å². The molecule has 0 aliphatic carbocycles. The SMILES string of the molecule is Cc1ccc(S(=O)(=O)N2CCc3ccc(NC(=O)COc4ccc(C(C)(C)C)cc4)cc3C2)cc1. The minimum Gasteiger partial charge on any atom is -0.484 e. The Bertz CT molecular complexity index is 1310. The van der Waals surface area contributed by atoms with E-state index in [2.05, 4.69) is 26.1 Å². The van der Waals surface area contributed by atoms with Crippen molar-refractivity contribution >= 4 is 21.6 Å². The lowest BCUT2D eigenvalue weighted by atomic mass is 9.87. The fraction of sp³-hybridized carbons (Fsp3) is 0.321. The van der Waals surface area contributed by atoms with Crippen molar-refractivity contribution in [2.45, 2.75) is 51.0 Å². The van der Waals surface area contributed by atoms with Gasteiger partial charge in [0, 0.05) is 18.8 Å². The minimum absolute atomic E-state index is 0.0530. The molecule has 0 bridgehead atoms. The van der Waals surface area contributed by atoms with E-state index in [1.165, 1.54) is 9.87 Å². The molecule has 0 spiro atoms. The highest BCUT2D eigenvalue weighted by molar-refractivity contribution is 7.89. The van der Waals surface area contributed by atoms with Gasteiger partial charge in [0.25, 0.3) is 5.91 Å². The molecule has 0 radical (unpaired) electrons. The molecule has 0 saturated carbocycles. The third-order valence-corrected chi connectivity index (χ3v) is 8.08. The van der Waals surface area contributed by atoms with Gasteiger partial charge in [0.2, 0.25) is 10.0 Å². The average molecular weight is 493 g/mol. The molecule has 35 heavy (non-hydrogen) atoms. The largest absolute Gasteiger partial charge is 0.484 e. The summed E-state index contributed by atoms with van der Waals surface area (Å²) in [6.07, 6.45) is 0.627. The van der Waals surface area contributed by atoms with E-state index in [0.29, 0.717) is 29.3 Å². The van der Waals surface area contributed by atoms with Crippen molar-refractivity contribution in [3.63, 3.8) is 0 Å². The summed E-state index contributed by atoms with van der Waals surface area (Å²) in [6, 6.07) is 20.3. The summed E-state index contributed by atoms with van der Waals surface area (Å²) in [5, 5.41) is 2.86. The Kier molecular flexibility index (Phi) is 7.01. The number of hydrogen-bond donors (Lipinski definition) is 1. The number of aryl methyl sites for hydroxylation is 1. The van der Waals surface area contributed by atoms with Gasteiger partial charge in [0.05, 0.1) is 4.90 Å². The van der Waals surface area contributed by atoms with Gasteiger partial charge in [-0.3, -0.25) is 4.79 Å². The molecule has 1 aliphatic heterocycles. The highest BCUT2D eigenvalue weighted by Gasteiger charge is 2.28. The van der Waals surface area contributed by atoms with Crippen molar-refractivity contribution in [2.24, 2.45) is 0 Å². The van der Waals surface area contributed by atoms with Gasteiger partial charge >= 0.3 is 0 Å². The van der Waals surface area contributed by atoms with Crippen molar-refractivity contribution < 1.29 is 17.9 Å². The summed E-state index contributed by atoms with van der Waals surface area (Å²) in [6.45, 7) is 8.95. The number of anilines is 1. The summed E-state index contributed by atoms with van der Waals surface area (Å²) in [5.74, 6) is 0.361. The van der Waals surface area contributed by atoms with Crippen LogP contribution in [0.1, 0.15) is 43.0 Å². The maximum atomic E-state index is 13.1. The van der Waals surface area contributed by atoms with Crippen LogP contribution in [0, 0.1) is 6.92 Å². The van der Waals surface area contributed by atoms with Crippen LogP contribution in [0.25, 0.3) is 0 Å². The molecule has 4 rings (SSSR count). The first-order chi connectivity index (χ1) is 16.5. The van der Waals surface area contributed by atoms with E-state index in [9.17, 15) is 13.2 Å². The van der Waals surface area contributed by atoms with Crippen molar-refractivity contribution in [3.05, 3.63) is 89.0 Å². The number of ether oxygens (including phenoxy) is 1. The Balaban J connectivity index is 1.39. The van der Waals surface area contributed by atoms with E-state index in [1.807, 2.05) is 49.4 Å². The van der Waals surface area contributed by atoms with Gasteiger partial charge in [-0.1, -0.05) is 56.7 Å². The van der Waals surface area contributed by atoms with E-state index >= 15 is 0 Å². The summed E-state index contributed by atoms with van der Waals surface area (Å²) < 4.78 is 33.3. The smallest absolute Gasteiger partial charge is 0.262 e. The summed E-state index contributed by atoms with van der Waals surface area (Å²) in [5.41, 5.74) is 4.87. The van der Waals surface area contributed by atoms with Crippen LogP contribution < -0.4 is 10.1 Å². The van der Waals surface area contributed by atoms with Gasteiger partial charge in [0.1, 0.15) is 5.75 Å². The Hall–Kier alpha value is -3.16. The van der Waals surface area contributed by atoms with Crippen LogP contribution in [0.4, 0.5) is 5.69 Å². The van der Waals surface area contributed by atoms with E-state index < -0.39 is 10.0 Å². The number of nitrogens with zero attached hydrogens (tertiary/aromatic N) is 1. The normalized spacial score (nSPS) is 14.3. The zero-order chi connectivity index (χ0) is 25.2. The zero-order valence-electron chi connectivity index (χ0n) is 20.7. The van der Waals surface area contributed by atoms with Crippen molar-refractivity contribution in [2.75, 3.05) is 18.5 Å². The van der Waals surface area contributed by atoms with Gasteiger partial charge in [-0.15, -0.1) is 0 Å². The number of carbonyl (C=O) groups excluding carboxylic acids is 1. The molecule has 1 amide bonds. The summed E-state index contributed by atoms with van der Waals surface area (Å²) in [7, 11) is -3.58. The summed E-state index contributed by atoms with van der Waals surface area (Å²) >= 11 is 0. The second-order valence-corrected chi connectivity index (χ2v) is 11.9. The fourth-order valence-electron chi connectivity index (χ4n) is 4.07. The highest BCUT2D eigenvalue weighted by Crippen LogP contribution is 2.28. The molecule has 0 saturated heterocycles. The van der Waals surface area contributed by atoms with Crippen LogP contribution >= 0.6 is 0 Å². The van der Waals surface area contributed by atoms with Crippen LogP contribution in [0.5, 0.6) is 5.75 Å². The molecule has 1 aliphatic rings. The molecule has 184 valence electrons. The van der Waals surface area contributed by atoms with Crippen LogP contribution in [0.2, 0.25) is 0 Å². The zero-order valence-corrected chi connectivity index (χ0v) is 21.5. The Morgan fingerprint density at radius 2 is 1.66 bits per heavy atom. The number of nitrogens with one attached hydrogen (secondary N) is 1. The number of rotatable bonds is 6. The maximum Gasteiger partial charge on any atom is 0.262 e. The molecule has 0 atom stereocenters. The molecular weight excluding hydrogens is 460 g/mol. The molecule has 0 aromatic heterocycles. The maximum absolute atomic E-state index is 13.1. The third kappa shape index (κ3) is 5.92. The molecule has 7 heteroatoms. The van der Waals surface area contributed by atoms with Gasteiger partial charge in [-0.05, 0) is 71.8 Å². The number of sulfonamides is 1. The Morgan fingerprint density at radius 3 is 2.31 bits per heavy atom. The van der Waals surface area contributed by atoms with Crippen LogP contribution in [0.15, 0.2) is 71.6 Å². The first kappa shape index (κ1) is 24.9. The second kappa shape index (κ2) is 9.84. The van der Waals surface area contributed by atoms with E-state index in [0.717, 1.165) is 16.7 Å². The molecule has 3 aromatic rings. The number of amides is 1. The quantitative estimate of drug-likeness (QED) is 0.522. The Labute approximate surface area is 208 Å². The fourth-order valence-corrected chi connectivity index (χ4v) is 5.49. The summed E-state index contributed by atoms with van der Waals surface area (Å²) in [4.78, 5) is 12.8. The lowest BCUT2D eigenvalue weighted by molar-refractivity contribution is -0.118. The predicted octanol–water partition coefficient (Wildman–Crippen LogP) is 5.06. The van der Waals surface area contributed by atoms with Crippen molar-refractivity contribution in [1.82, 2.24) is 4.31 Å². The third-order valence-electron chi connectivity index (χ3n) is 6.22. The lowest BCUT2D eigenvalue weighted by Gasteiger charge is -2.28. The van der Waals surface area contributed by atoms with Gasteiger partial charge in [0.15, 0.2) is 6.61 Å². The standard InChI is InChI=1S/C28H32N2O4S/c1-20-5-13-26(14-6-20)35(32,33)30-16-15-21-7-10-24(17-22(21)18-30)29-27(31)19-34-25-11-8-23(9-12-25)28(2,3)4/h5-14,17H,15-16,18-19H2,1-4H3,(H,29,31). The minimum atomic E-state index is -3.58. The highest BCUT2D eigenvalue weighted by atomic mass is 32.2. The van der Waals surface area contributed by atoms with Crippen LogP contribution in [-0.4, -0.2) is 31.8 Å². The number of hydrogen-bond acceptors (Lipinski definition) is 4. The molecule has 1 heterocycles. The van der Waals surface area contributed by atoms with Gasteiger partial charge < -0.3 is 10.1 Å². The monoisotopic (exact) mass is 492 g/mol. The molecule has 0 unspecified atom stereocenters. The second-order valence-electron chi connectivity index (χ2n) is 10.00. The molecule has 3 aromatic carbocycles. The van der Waals surface area contributed by atoms with E-state index in [1.54, 1.807) is 24.3 Å². The number of benzene rings is 3. The average Bonchev–Trinajstić information content (AvgIpc) is 2.82. The van der Waals surface area contributed by atoms with Gasteiger partial charge in [-0.2, -0.15) is 4.31 Å². The van der Waals surface area contributed by atoms with Crippen LogP contribution in [0.3, 0.4) is 0 Å². The molecular formula is C28H32N2O4S. The lowest BCUT2D eigenvalue weighted by Crippen LogP contribution is -2.36. The molecule has 1 N–H and O–H groups in total. The first-order valence-corrected chi connectivity index (χ1v) is 13.2. The van der Waals surface area contributed by atoms with Crippen LogP contribution in [-0.2, 0) is 33.2 Å². The first-order valence-electron chi connectivity index (χ1n) is 11.7. The van der Waals surface area contributed by atoms with E-state index in [-0.39, 0.29) is 24.5 Å². The number of fused-ring (bicyclic) bond motifs is 1. The van der Waals surface area contributed by atoms with Gasteiger partial charge in [-0.25, -0.2) is 8.42 Å². The van der Waals surface area contributed by atoms with Crippen molar-refractivity contribution in [1.29, 1.82) is 0 Å². The number of carbonyl (C=O) groups is 1. The van der Waals surface area contributed by atoms with E-state index in [4.69, 9.17) is 4.74 Å². The molecule has 0 fully saturated rings.